The largest absolute Gasteiger partial charge is 0.330 e. The highest BCUT2D eigenvalue weighted by molar-refractivity contribution is 9.09. The van der Waals surface area contributed by atoms with Gasteiger partial charge in [-0.2, -0.15) is 8.42 Å². The predicted molar refractivity (Wildman–Crippen MR) is 89.7 cm³/mol. The molecule has 1 aliphatic heterocycles. The Labute approximate surface area is 137 Å². The molecule has 2 aromatic carbocycles. The number of para-hydroxylation sites is 2. The van der Waals surface area contributed by atoms with Gasteiger partial charge < -0.3 is 0 Å². The van der Waals surface area contributed by atoms with Crippen LogP contribution in [0.3, 0.4) is 0 Å². The molecule has 4 nitrogen and oxygen atoms in total. The highest BCUT2D eigenvalue weighted by Gasteiger charge is 2.40. The van der Waals surface area contributed by atoms with E-state index in [1.165, 1.54) is 26.8 Å². The van der Waals surface area contributed by atoms with Gasteiger partial charge in [-0.1, -0.05) is 34.1 Å². The molecule has 22 heavy (non-hydrogen) atoms. The molecular weight excluding hydrogens is 371 g/mol. The number of alkyl halides is 1. The normalized spacial score (nSPS) is 15.9. The van der Waals surface area contributed by atoms with Crippen molar-refractivity contribution >= 4 is 43.2 Å². The van der Waals surface area contributed by atoms with Gasteiger partial charge in [-0.25, -0.2) is 8.70 Å². The number of halogens is 2. The first-order chi connectivity index (χ1) is 10.6. The average Bonchev–Trinajstić information content (AvgIpc) is 2.71. The molecule has 0 aromatic heterocycles. The summed E-state index contributed by atoms with van der Waals surface area (Å²) in [5.41, 5.74) is 1.46. The SMILES string of the molecule is O=S1(=O)N(CCCBr)c2ccccc2N1c1cccc(F)c1. The lowest BCUT2D eigenvalue weighted by Gasteiger charge is -2.21. The minimum atomic E-state index is -3.75. The van der Waals surface area contributed by atoms with Crippen LogP contribution in [0.2, 0.25) is 0 Å². The Hall–Kier alpha value is -1.60. The van der Waals surface area contributed by atoms with Gasteiger partial charge in [0.2, 0.25) is 0 Å². The van der Waals surface area contributed by atoms with E-state index in [2.05, 4.69) is 15.9 Å². The summed E-state index contributed by atoms with van der Waals surface area (Å²) in [4.78, 5) is 0. The number of rotatable bonds is 4. The average molecular weight is 385 g/mol. The van der Waals surface area contributed by atoms with Gasteiger partial charge in [-0.3, -0.25) is 4.31 Å². The van der Waals surface area contributed by atoms with E-state index in [9.17, 15) is 12.8 Å². The first-order valence-electron chi connectivity index (χ1n) is 6.79. The lowest BCUT2D eigenvalue weighted by Crippen LogP contribution is -2.36. The molecule has 0 saturated carbocycles. The van der Waals surface area contributed by atoms with Crippen LogP contribution in [0.15, 0.2) is 48.5 Å². The van der Waals surface area contributed by atoms with Crippen molar-refractivity contribution < 1.29 is 12.8 Å². The molecule has 0 N–H and O–H groups in total. The Morgan fingerprint density at radius 2 is 1.77 bits per heavy atom. The Morgan fingerprint density at radius 3 is 2.45 bits per heavy atom. The van der Waals surface area contributed by atoms with Crippen molar-refractivity contribution in [1.29, 1.82) is 0 Å². The smallest absolute Gasteiger partial charge is 0.251 e. The topological polar surface area (TPSA) is 40.6 Å². The van der Waals surface area contributed by atoms with E-state index in [-0.39, 0.29) is 0 Å². The maximum atomic E-state index is 13.5. The lowest BCUT2D eigenvalue weighted by molar-refractivity contribution is 0.593. The summed E-state index contributed by atoms with van der Waals surface area (Å²) in [6.07, 6.45) is 0.685. The third-order valence-corrected chi connectivity index (χ3v) is 5.78. The number of nitrogens with zero attached hydrogens (tertiary/aromatic N) is 2. The van der Waals surface area contributed by atoms with E-state index in [0.717, 1.165) is 0 Å². The van der Waals surface area contributed by atoms with Crippen molar-refractivity contribution in [2.75, 3.05) is 20.5 Å². The fraction of sp³-hybridized carbons (Fsp3) is 0.200. The molecule has 0 saturated heterocycles. The summed E-state index contributed by atoms with van der Waals surface area (Å²) in [6, 6.07) is 12.7. The fourth-order valence-electron chi connectivity index (χ4n) is 2.51. The van der Waals surface area contributed by atoms with E-state index in [1.54, 1.807) is 30.3 Å². The first-order valence-corrected chi connectivity index (χ1v) is 9.31. The molecule has 3 rings (SSSR count). The van der Waals surface area contributed by atoms with Crippen LogP contribution >= 0.6 is 15.9 Å². The Bertz CT molecular complexity index is 798. The lowest BCUT2D eigenvalue weighted by atomic mass is 10.2. The summed E-state index contributed by atoms with van der Waals surface area (Å²) in [5, 5.41) is 0.709. The first kappa shape index (κ1) is 15.3. The zero-order valence-electron chi connectivity index (χ0n) is 11.6. The maximum Gasteiger partial charge on any atom is 0.330 e. The molecule has 0 aliphatic carbocycles. The Kier molecular flexibility index (Phi) is 4.10. The van der Waals surface area contributed by atoms with Crippen molar-refractivity contribution in [2.45, 2.75) is 6.42 Å². The third-order valence-electron chi connectivity index (χ3n) is 3.42. The van der Waals surface area contributed by atoms with E-state index in [1.807, 2.05) is 0 Å². The quantitative estimate of drug-likeness (QED) is 0.751. The van der Waals surface area contributed by atoms with Gasteiger partial charge in [-0.05, 0) is 36.8 Å². The molecule has 0 atom stereocenters. The van der Waals surface area contributed by atoms with Gasteiger partial charge in [0, 0.05) is 11.9 Å². The van der Waals surface area contributed by atoms with Crippen molar-refractivity contribution in [1.82, 2.24) is 0 Å². The number of benzene rings is 2. The zero-order valence-corrected chi connectivity index (χ0v) is 14.0. The molecule has 1 aliphatic rings. The minimum absolute atomic E-state index is 0.300. The second-order valence-corrected chi connectivity index (χ2v) is 7.35. The number of anilines is 3. The molecule has 0 spiro atoms. The highest BCUT2D eigenvalue weighted by atomic mass is 79.9. The number of hydrogen-bond donors (Lipinski definition) is 0. The Balaban J connectivity index is 2.14. The van der Waals surface area contributed by atoms with Crippen LogP contribution < -0.4 is 8.61 Å². The van der Waals surface area contributed by atoms with E-state index in [4.69, 9.17) is 0 Å². The summed E-state index contributed by atoms with van der Waals surface area (Å²) < 4.78 is 41.8. The second kappa shape index (κ2) is 5.89. The predicted octanol–water partition coefficient (Wildman–Crippen LogP) is 3.81. The molecule has 1 heterocycles. The zero-order chi connectivity index (χ0) is 15.7. The summed E-state index contributed by atoms with van der Waals surface area (Å²) in [7, 11) is -3.75. The van der Waals surface area contributed by atoms with Crippen molar-refractivity contribution in [3.63, 3.8) is 0 Å². The second-order valence-electron chi connectivity index (χ2n) is 4.86. The van der Waals surface area contributed by atoms with Crippen LogP contribution in [0.4, 0.5) is 21.5 Å². The minimum Gasteiger partial charge on any atom is -0.251 e. The molecule has 0 bridgehead atoms. The van der Waals surface area contributed by atoms with Crippen LogP contribution in [0.5, 0.6) is 0 Å². The van der Waals surface area contributed by atoms with Gasteiger partial charge >= 0.3 is 10.2 Å². The van der Waals surface area contributed by atoms with Crippen LogP contribution in [0, 0.1) is 5.82 Å². The van der Waals surface area contributed by atoms with Gasteiger partial charge in [0.15, 0.2) is 0 Å². The molecule has 0 unspecified atom stereocenters. The van der Waals surface area contributed by atoms with E-state index < -0.39 is 16.0 Å². The standard InChI is InChI=1S/C15H14BrFN2O2S/c16-9-4-10-18-14-7-1-2-8-15(14)19(22(18,20)21)13-6-3-5-12(17)11-13/h1-3,5-8,11H,4,9-10H2. The van der Waals surface area contributed by atoms with Crippen LogP contribution in [-0.2, 0) is 10.2 Å². The van der Waals surface area contributed by atoms with E-state index in [0.29, 0.717) is 35.4 Å². The van der Waals surface area contributed by atoms with Gasteiger partial charge in [0.1, 0.15) is 5.82 Å². The van der Waals surface area contributed by atoms with E-state index >= 15 is 0 Å². The van der Waals surface area contributed by atoms with Gasteiger partial charge in [0.25, 0.3) is 0 Å². The molecule has 0 radical (unpaired) electrons. The monoisotopic (exact) mass is 384 g/mol. The van der Waals surface area contributed by atoms with Crippen molar-refractivity contribution in [3.8, 4) is 0 Å². The molecule has 7 heteroatoms. The molecule has 0 fully saturated rings. The van der Waals surface area contributed by atoms with Gasteiger partial charge in [-0.15, -0.1) is 0 Å². The maximum absolute atomic E-state index is 13.5. The van der Waals surface area contributed by atoms with Crippen LogP contribution in [-0.4, -0.2) is 20.3 Å². The fourth-order valence-corrected chi connectivity index (χ4v) is 4.50. The molecular formula is C15H14BrFN2O2S. The van der Waals surface area contributed by atoms with Gasteiger partial charge in [0.05, 0.1) is 17.1 Å². The highest BCUT2D eigenvalue weighted by Crippen LogP contribution is 2.45. The summed E-state index contributed by atoms with van der Waals surface area (Å²) in [6.45, 7) is 0.371. The third kappa shape index (κ3) is 2.48. The number of hydrogen-bond acceptors (Lipinski definition) is 2. The van der Waals surface area contributed by atoms with Crippen LogP contribution in [0.1, 0.15) is 6.42 Å². The summed E-state index contributed by atoms with van der Waals surface area (Å²) >= 11 is 3.32. The molecule has 2 aromatic rings. The van der Waals surface area contributed by atoms with Crippen molar-refractivity contribution in [3.05, 3.63) is 54.3 Å². The molecule has 116 valence electrons. The number of fused-ring (bicyclic) bond motifs is 1. The Morgan fingerprint density at radius 1 is 1.05 bits per heavy atom. The molecule has 0 amide bonds. The van der Waals surface area contributed by atoms with Crippen molar-refractivity contribution in [2.24, 2.45) is 0 Å². The van der Waals surface area contributed by atoms with Crippen LogP contribution in [0.25, 0.3) is 0 Å². The summed E-state index contributed by atoms with van der Waals surface area (Å²) in [5.74, 6) is -0.468.